The van der Waals surface area contributed by atoms with E-state index in [-0.39, 0.29) is 24.3 Å². The molecule has 4 aromatic rings. The molecule has 0 aliphatic carbocycles. The first kappa shape index (κ1) is 24.4. The Hall–Kier alpha value is -4.69. The van der Waals surface area contributed by atoms with Gasteiger partial charge in [-0.15, -0.1) is 6.42 Å². The molecule has 0 bridgehead atoms. The Morgan fingerprint density at radius 2 is 1.47 bits per heavy atom. The highest BCUT2D eigenvalue weighted by Crippen LogP contribution is 2.31. The molecule has 1 heterocycles. The first-order chi connectivity index (χ1) is 17.6. The summed E-state index contributed by atoms with van der Waals surface area (Å²) < 4.78 is 0. The lowest BCUT2D eigenvalue weighted by molar-refractivity contribution is -0.126. The number of aromatic nitrogens is 1. The summed E-state index contributed by atoms with van der Waals surface area (Å²) in [6.45, 7) is 1.91. The quantitative estimate of drug-likeness (QED) is 0.333. The van der Waals surface area contributed by atoms with E-state index in [1.54, 1.807) is 24.5 Å². The van der Waals surface area contributed by atoms with E-state index >= 15 is 0 Å². The molecule has 1 N–H and O–H groups in total. The van der Waals surface area contributed by atoms with Crippen LogP contribution in [0.5, 0.6) is 0 Å². The van der Waals surface area contributed by atoms with E-state index in [1.165, 1.54) is 4.90 Å². The number of amides is 2. The molecule has 0 spiro atoms. The number of rotatable bonds is 8. The van der Waals surface area contributed by atoms with Gasteiger partial charge in [0.1, 0.15) is 6.04 Å². The van der Waals surface area contributed by atoms with Gasteiger partial charge >= 0.3 is 0 Å². The molecule has 0 aliphatic heterocycles. The van der Waals surface area contributed by atoms with Gasteiger partial charge in [0.25, 0.3) is 0 Å². The molecule has 178 valence electrons. The third kappa shape index (κ3) is 5.68. The van der Waals surface area contributed by atoms with Crippen molar-refractivity contribution in [2.45, 2.75) is 25.4 Å². The van der Waals surface area contributed by atoms with E-state index < -0.39 is 6.04 Å². The van der Waals surface area contributed by atoms with Crippen molar-refractivity contribution in [2.75, 3.05) is 4.90 Å². The lowest BCUT2D eigenvalue weighted by atomic mass is 10.0. The van der Waals surface area contributed by atoms with Crippen LogP contribution in [-0.4, -0.2) is 16.8 Å². The van der Waals surface area contributed by atoms with Gasteiger partial charge in [-0.3, -0.25) is 19.5 Å². The second kappa shape index (κ2) is 11.6. The first-order valence-corrected chi connectivity index (χ1v) is 11.7. The summed E-state index contributed by atoms with van der Waals surface area (Å²) in [5.74, 6) is 1.76. The van der Waals surface area contributed by atoms with Crippen molar-refractivity contribution in [2.24, 2.45) is 0 Å². The Morgan fingerprint density at radius 3 is 2.08 bits per heavy atom. The molecule has 0 aliphatic rings. The minimum atomic E-state index is -0.951. The molecule has 3 aromatic carbocycles. The maximum Gasteiger partial charge on any atom is 0.248 e. The van der Waals surface area contributed by atoms with Crippen molar-refractivity contribution in [1.82, 2.24) is 10.3 Å². The van der Waals surface area contributed by atoms with Gasteiger partial charge in [-0.1, -0.05) is 84.8 Å². The van der Waals surface area contributed by atoms with Crippen molar-refractivity contribution in [3.63, 3.8) is 0 Å². The first-order valence-electron chi connectivity index (χ1n) is 11.7. The minimum Gasteiger partial charge on any atom is -0.347 e. The topological polar surface area (TPSA) is 62.3 Å². The molecule has 0 saturated carbocycles. The molecule has 4 rings (SSSR count). The van der Waals surface area contributed by atoms with Gasteiger partial charge in [-0.05, 0) is 41.8 Å². The molecule has 5 heteroatoms. The lowest BCUT2D eigenvalue weighted by Gasteiger charge is -2.32. The maximum absolute atomic E-state index is 13.8. The number of carbonyl (C=O) groups is 2. The Morgan fingerprint density at radius 1 is 0.861 bits per heavy atom. The Balaban J connectivity index is 1.73. The summed E-state index contributed by atoms with van der Waals surface area (Å²) >= 11 is 0. The van der Waals surface area contributed by atoms with Crippen LogP contribution in [0.2, 0.25) is 0 Å². The van der Waals surface area contributed by atoms with E-state index in [0.717, 1.165) is 16.7 Å². The third-order valence-electron chi connectivity index (χ3n) is 5.94. The van der Waals surface area contributed by atoms with Gasteiger partial charge < -0.3 is 5.32 Å². The number of anilines is 1. The number of nitrogens with one attached hydrogen (secondary N) is 1. The average molecular weight is 474 g/mol. The average Bonchev–Trinajstić information content (AvgIpc) is 2.93. The SMILES string of the molecule is C#CCC(=O)N(c1ccc(-c2ccccc2)cc1)C(C(=O)N[C@@H](C)c1ccccc1)c1cccnc1. The van der Waals surface area contributed by atoms with Crippen LogP contribution in [0.25, 0.3) is 11.1 Å². The normalized spacial score (nSPS) is 12.1. The highest BCUT2D eigenvalue weighted by Gasteiger charge is 2.33. The van der Waals surface area contributed by atoms with Gasteiger partial charge in [-0.25, -0.2) is 0 Å². The molecule has 1 aromatic heterocycles. The summed E-state index contributed by atoms with van der Waals surface area (Å²) in [5, 5.41) is 3.07. The Bertz CT molecular complexity index is 1330. The zero-order valence-corrected chi connectivity index (χ0v) is 20.0. The van der Waals surface area contributed by atoms with Crippen LogP contribution in [0.3, 0.4) is 0 Å². The Kier molecular flexibility index (Phi) is 7.90. The highest BCUT2D eigenvalue weighted by molar-refractivity contribution is 6.02. The zero-order valence-electron chi connectivity index (χ0n) is 20.0. The van der Waals surface area contributed by atoms with E-state index in [1.807, 2.05) is 91.9 Å². The molecule has 0 saturated heterocycles. The zero-order chi connectivity index (χ0) is 25.3. The van der Waals surface area contributed by atoms with Crippen molar-refractivity contribution >= 4 is 17.5 Å². The van der Waals surface area contributed by atoms with Gasteiger partial charge in [0.15, 0.2) is 0 Å². The maximum atomic E-state index is 13.8. The number of hydrogen-bond donors (Lipinski definition) is 1. The fourth-order valence-electron chi connectivity index (χ4n) is 4.13. The second-order valence-corrected chi connectivity index (χ2v) is 8.39. The molecule has 2 atom stereocenters. The van der Waals surface area contributed by atoms with E-state index in [9.17, 15) is 9.59 Å². The molecule has 36 heavy (non-hydrogen) atoms. The fraction of sp³-hybridized carbons (Fsp3) is 0.129. The molecular weight excluding hydrogens is 446 g/mol. The van der Waals surface area contributed by atoms with E-state index in [0.29, 0.717) is 11.3 Å². The number of hydrogen-bond acceptors (Lipinski definition) is 3. The largest absolute Gasteiger partial charge is 0.347 e. The number of carbonyl (C=O) groups excluding carboxylic acids is 2. The predicted octanol–water partition coefficient (Wildman–Crippen LogP) is 5.72. The summed E-state index contributed by atoms with van der Waals surface area (Å²) in [5.41, 5.74) is 4.19. The summed E-state index contributed by atoms with van der Waals surface area (Å²) in [7, 11) is 0. The van der Waals surface area contributed by atoms with Gasteiger partial charge in [0.2, 0.25) is 11.8 Å². The number of nitrogens with zero attached hydrogens (tertiary/aromatic N) is 2. The smallest absolute Gasteiger partial charge is 0.248 e. The van der Waals surface area contributed by atoms with Crippen molar-refractivity contribution < 1.29 is 9.59 Å². The molecule has 5 nitrogen and oxygen atoms in total. The van der Waals surface area contributed by atoms with Crippen LogP contribution in [0.4, 0.5) is 5.69 Å². The van der Waals surface area contributed by atoms with Crippen molar-refractivity contribution in [3.05, 3.63) is 121 Å². The van der Waals surface area contributed by atoms with Gasteiger partial charge in [-0.2, -0.15) is 0 Å². The van der Waals surface area contributed by atoms with Crippen molar-refractivity contribution in [3.8, 4) is 23.5 Å². The minimum absolute atomic E-state index is 0.140. The van der Waals surface area contributed by atoms with Crippen LogP contribution in [0.1, 0.15) is 36.6 Å². The Labute approximate surface area is 211 Å². The second-order valence-electron chi connectivity index (χ2n) is 8.39. The standard InChI is InChI=1S/C31H27N3O2/c1-3-11-29(35)34(28-19-17-26(18-20-28)25-14-8-5-9-15-25)30(27-16-10-21-32-22-27)31(36)33-23(2)24-12-6-4-7-13-24/h1,4-10,12-23,30H,11H2,2H3,(H,33,36)/t23-,30?/m0/s1. The van der Waals surface area contributed by atoms with Crippen LogP contribution < -0.4 is 10.2 Å². The van der Waals surface area contributed by atoms with E-state index in [4.69, 9.17) is 6.42 Å². The summed E-state index contributed by atoms with van der Waals surface area (Å²) in [6, 6.07) is 29.5. The van der Waals surface area contributed by atoms with Crippen LogP contribution in [0.15, 0.2) is 109 Å². The number of terminal acetylenes is 1. The lowest BCUT2D eigenvalue weighted by Crippen LogP contribution is -2.44. The summed E-state index contributed by atoms with van der Waals surface area (Å²) in [6.07, 6.45) is 8.60. The number of benzene rings is 3. The third-order valence-corrected chi connectivity index (χ3v) is 5.94. The van der Waals surface area contributed by atoms with Crippen LogP contribution in [0, 0.1) is 12.3 Å². The summed E-state index contributed by atoms with van der Waals surface area (Å²) in [4.78, 5) is 32.8. The molecule has 2 amide bonds. The monoisotopic (exact) mass is 473 g/mol. The van der Waals surface area contributed by atoms with Gasteiger partial charge in [0.05, 0.1) is 12.5 Å². The molecule has 1 unspecified atom stereocenters. The molecule has 0 radical (unpaired) electrons. The van der Waals surface area contributed by atoms with Crippen molar-refractivity contribution in [1.29, 1.82) is 0 Å². The predicted molar refractivity (Wildman–Crippen MR) is 143 cm³/mol. The fourth-order valence-corrected chi connectivity index (χ4v) is 4.13. The number of pyridine rings is 1. The van der Waals surface area contributed by atoms with Crippen LogP contribution >= 0.6 is 0 Å². The highest BCUT2D eigenvalue weighted by atomic mass is 16.2. The molecule has 0 fully saturated rings. The van der Waals surface area contributed by atoms with E-state index in [2.05, 4.69) is 16.2 Å². The van der Waals surface area contributed by atoms with Crippen LogP contribution in [-0.2, 0) is 9.59 Å². The molecular formula is C31H27N3O2. The van der Waals surface area contributed by atoms with Gasteiger partial charge in [0, 0.05) is 23.6 Å².